The highest BCUT2D eigenvalue weighted by Gasteiger charge is 2.30. The Hall–Kier alpha value is -1.77. The number of benzene rings is 2. The lowest BCUT2D eigenvalue weighted by molar-refractivity contribution is 0.205. The van der Waals surface area contributed by atoms with Gasteiger partial charge in [0.1, 0.15) is 11.5 Å². The molecular weight excluding hydrogens is 323 g/mol. The fourth-order valence-corrected chi connectivity index (χ4v) is 3.31. The lowest BCUT2D eigenvalue weighted by Gasteiger charge is -2.19. The van der Waals surface area contributed by atoms with Crippen molar-refractivity contribution in [2.45, 2.75) is 40.0 Å². The number of unbranched alkanes of at least 4 members (excludes halogenated alkanes) is 2. The third kappa shape index (κ3) is 6.03. The fraction of sp³-hybridized carbons (Fsp3) is 0.368. The Balaban J connectivity index is 2.11. The van der Waals surface area contributed by atoms with Crippen LogP contribution in [0.15, 0.2) is 48.5 Å². The van der Waals surface area contributed by atoms with Crippen LogP contribution in [0, 0.1) is 13.8 Å². The smallest absolute Gasteiger partial charge is 0.395 e. The summed E-state index contributed by atoms with van der Waals surface area (Å²) in [5, 5.41) is 0. The fourth-order valence-electron chi connectivity index (χ4n) is 2.06. The topological polar surface area (TPSA) is 44.8 Å². The van der Waals surface area contributed by atoms with E-state index in [1.54, 1.807) is 24.3 Å². The maximum atomic E-state index is 13.0. The summed E-state index contributed by atoms with van der Waals surface area (Å²) in [6, 6.07) is 14.6. The Labute approximate surface area is 144 Å². The first-order valence-electron chi connectivity index (χ1n) is 8.28. The minimum atomic E-state index is -3.73. The van der Waals surface area contributed by atoms with Gasteiger partial charge in [0.05, 0.1) is 6.61 Å². The van der Waals surface area contributed by atoms with Crippen molar-refractivity contribution in [3.05, 3.63) is 59.7 Å². The molecule has 0 aliphatic heterocycles. The molecule has 0 heterocycles. The van der Waals surface area contributed by atoms with Crippen LogP contribution < -0.4 is 9.05 Å². The maximum absolute atomic E-state index is 13.0. The highest BCUT2D eigenvalue weighted by atomic mass is 31.2. The van der Waals surface area contributed by atoms with Gasteiger partial charge in [-0.2, -0.15) is 0 Å². The summed E-state index contributed by atoms with van der Waals surface area (Å²) in [4.78, 5) is 0. The summed E-state index contributed by atoms with van der Waals surface area (Å²) >= 11 is 0. The molecule has 24 heavy (non-hydrogen) atoms. The Morgan fingerprint density at radius 1 is 0.792 bits per heavy atom. The lowest BCUT2D eigenvalue weighted by atomic mass is 10.2. The van der Waals surface area contributed by atoms with Crippen molar-refractivity contribution >= 4 is 7.82 Å². The molecule has 0 amide bonds. The molecule has 0 fully saturated rings. The summed E-state index contributed by atoms with van der Waals surface area (Å²) in [5.41, 5.74) is 2.20. The molecule has 4 nitrogen and oxygen atoms in total. The van der Waals surface area contributed by atoms with Crippen molar-refractivity contribution < 1.29 is 18.1 Å². The van der Waals surface area contributed by atoms with Gasteiger partial charge in [-0.15, -0.1) is 0 Å². The molecule has 2 aromatic carbocycles. The van der Waals surface area contributed by atoms with Crippen LogP contribution in [-0.4, -0.2) is 6.61 Å². The lowest BCUT2D eigenvalue weighted by Crippen LogP contribution is -2.06. The quantitative estimate of drug-likeness (QED) is 0.407. The van der Waals surface area contributed by atoms with Crippen molar-refractivity contribution in [1.29, 1.82) is 0 Å². The molecule has 0 aromatic heterocycles. The number of phosphoric ester groups is 1. The van der Waals surface area contributed by atoms with E-state index >= 15 is 0 Å². The molecule has 5 heteroatoms. The van der Waals surface area contributed by atoms with E-state index in [1.807, 2.05) is 38.1 Å². The first-order valence-corrected chi connectivity index (χ1v) is 9.74. The van der Waals surface area contributed by atoms with Gasteiger partial charge >= 0.3 is 7.82 Å². The van der Waals surface area contributed by atoms with Crippen LogP contribution >= 0.6 is 7.82 Å². The van der Waals surface area contributed by atoms with E-state index in [1.165, 1.54) is 0 Å². The number of hydrogen-bond donors (Lipinski definition) is 0. The van der Waals surface area contributed by atoms with Gasteiger partial charge in [0.15, 0.2) is 0 Å². The van der Waals surface area contributed by atoms with Crippen LogP contribution in [0.1, 0.15) is 37.3 Å². The van der Waals surface area contributed by atoms with E-state index in [4.69, 9.17) is 13.6 Å². The minimum Gasteiger partial charge on any atom is -0.395 e. The highest BCUT2D eigenvalue weighted by Crippen LogP contribution is 2.49. The standard InChI is InChI=1S/C19H25O4P/c1-4-5-6-15-21-24(20,22-18-11-7-16(2)8-12-18)23-19-13-9-17(3)10-14-19/h7-14H,4-6,15H2,1-3H3. The largest absolute Gasteiger partial charge is 0.587 e. The van der Waals surface area contributed by atoms with Gasteiger partial charge in [-0.1, -0.05) is 55.2 Å². The number of hydrogen-bond acceptors (Lipinski definition) is 4. The molecule has 0 bridgehead atoms. The molecule has 0 spiro atoms. The third-order valence-corrected chi connectivity index (χ3v) is 4.84. The average Bonchev–Trinajstić information content (AvgIpc) is 2.56. The van der Waals surface area contributed by atoms with E-state index in [0.717, 1.165) is 30.4 Å². The van der Waals surface area contributed by atoms with E-state index in [9.17, 15) is 4.57 Å². The van der Waals surface area contributed by atoms with Crippen molar-refractivity contribution in [3.63, 3.8) is 0 Å². The summed E-state index contributed by atoms with van der Waals surface area (Å²) < 4.78 is 29.7. The van der Waals surface area contributed by atoms with Gasteiger partial charge in [0.2, 0.25) is 0 Å². The zero-order valence-electron chi connectivity index (χ0n) is 14.5. The summed E-state index contributed by atoms with van der Waals surface area (Å²) in [6.07, 6.45) is 2.88. The number of phosphoric acid groups is 1. The first-order chi connectivity index (χ1) is 11.5. The Morgan fingerprint density at radius 2 is 1.25 bits per heavy atom. The van der Waals surface area contributed by atoms with Gasteiger partial charge < -0.3 is 9.05 Å². The molecule has 0 unspecified atom stereocenters. The zero-order chi connectivity index (χ0) is 17.4. The molecule has 0 aliphatic carbocycles. The number of aryl methyl sites for hydroxylation is 2. The Morgan fingerprint density at radius 3 is 1.67 bits per heavy atom. The molecule has 0 aliphatic rings. The minimum absolute atomic E-state index is 0.336. The first kappa shape index (κ1) is 18.6. The molecule has 2 rings (SSSR count). The van der Waals surface area contributed by atoms with Gasteiger partial charge in [-0.25, -0.2) is 4.57 Å². The highest BCUT2D eigenvalue weighted by molar-refractivity contribution is 7.49. The molecular formula is C19H25O4P. The van der Waals surface area contributed by atoms with Crippen molar-refractivity contribution in [3.8, 4) is 11.5 Å². The average molecular weight is 348 g/mol. The predicted molar refractivity (Wildman–Crippen MR) is 96.7 cm³/mol. The van der Waals surface area contributed by atoms with Crippen molar-refractivity contribution in [1.82, 2.24) is 0 Å². The predicted octanol–water partition coefficient (Wildman–Crippen LogP) is 6.08. The van der Waals surface area contributed by atoms with E-state index in [-0.39, 0.29) is 0 Å². The summed E-state index contributed by atoms with van der Waals surface area (Å²) in [5.74, 6) is 0.929. The van der Waals surface area contributed by atoms with Crippen LogP contribution in [0.3, 0.4) is 0 Å². The van der Waals surface area contributed by atoms with E-state index in [2.05, 4.69) is 6.92 Å². The van der Waals surface area contributed by atoms with Crippen LogP contribution in [0.5, 0.6) is 11.5 Å². The monoisotopic (exact) mass is 348 g/mol. The van der Waals surface area contributed by atoms with E-state index in [0.29, 0.717) is 18.1 Å². The third-order valence-electron chi connectivity index (χ3n) is 3.47. The Bertz CT molecular complexity index is 613. The summed E-state index contributed by atoms with van der Waals surface area (Å²) in [6.45, 7) is 6.40. The number of rotatable bonds is 9. The molecule has 2 aromatic rings. The van der Waals surface area contributed by atoms with Crippen molar-refractivity contribution in [2.75, 3.05) is 6.61 Å². The van der Waals surface area contributed by atoms with Crippen molar-refractivity contribution in [2.24, 2.45) is 0 Å². The molecule has 0 N–H and O–H groups in total. The van der Waals surface area contributed by atoms with Crippen LogP contribution in [0.25, 0.3) is 0 Å². The second-order valence-corrected chi connectivity index (χ2v) is 7.31. The second kappa shape index (κ2) is 8.91. The summed E-state index contributed by atoms with van der Waals surface area (Å²) in [7, 11) is -3.73. The zero-order valence-corrected chi connectivity index (χ0v) is 15.4. The molecule has 0 radical (unpaired) electrons. The molecule has 0 saturated heterocycles. The van der Waals surface area contributed by atoms with Gasteiger partial charge in [0, 0.05) is 0 Å². The van der Waals surface area contributed by atoms with Crippen LogP contribution in [0.2, 0.25) is 0 Å². The van der Waals surface area contributed by atoms with Gasteiger partial charge in [0.25, 0.3) is 0 Å². The van der Waals surface area contributed by atoms with Crippen LogP contribution in [0.4, 0.5) is 0 Å². The normalized spacial score (nSPS) is 11.3. The maximum Gasteiger partial charge on any atom is 0.587 e. The SMILES string of the molecule is CCCCCOP(=O)(Oc1ccc(C)cc1)Oc1ccc(C)cc1. The van der Waals surface area contributed by atoms with Gasteiger partial charge in [-0.05, 0) is 44.5 Å². The molecule has 130 valence electrons. The second-order valence-electron chi connectivity index (χ2n) is 5.80. The van der Waals surface area contributed by atoms with E-state index < -0.39 is 7.82 Å². The Kier molecular flexibility index (Phi) is 6.89. The van der Waals surface area contributed by atoms with Crippen LogP contribution in [-0.2, 0) is 9.09 Å². The molecule has 0 atom stereocenters. The molecule has 0 saturated carbocycles. The van der Waals surface area contributed by atoms with Gasteiger partial charge in [-0.3, -0.25) is 4.52 Å².